The number of anilines is 1. The fraction of sp³-hybridized carbons (Fsp3) is 0.500. The minimum atomic E-state index is 0.0323. The normalized spacial score (nSPS) is 14.1. The molecule has 0 aromatic carbocycles. The van der Waals surface area contributed by atoms with Crippen LogP contribution in [-0.4, -0.2) is 21.3 Å². The van der Waals surface area contributed by atoms with Gasteiger partial charge in [0.2, 0.25) is 5.13 Å². The predicted molar refractivity (Wildman–Crippen MR) is 81.4 cm³/mol. The molecule has 2 aromatic heterocycles. The van der Waals surface area contributed by atoms with E-state index in [0.29, 0.717) is 10.6 Å². The van der Waals surface area contributed by atoms with Crippen LogP contribution in [-0.2, 0) is 19.9 Å². The molecule has 1 aliphatic rings. The van der Waals surface area contributed by atoms with Crippen molar-refractivity contribution in [2.75, 3.05) is 11.9 Å². The lowest BCUT2D eigenvalue weighted by atomic mass is 9.94. The number of hydrogen-bond donors (Lipinski definition) is 1. The molecule has 0 saturated heterocycles. The lowest BCUT2D eigenvalue weighted by Gasteiger charge is -2.19. The maximum absolute atomic E-state index is 12.5. The Bertz CT molecular complexity index is 689. The van der Waals surface area contributed by atoms with Crippen LogP contribution in [0.3, 0.4) is 0 Å². The summed E-state index contributed by atoms with van der Waals surface area (Å²) in [5.74, 6) is 0. The van der Waals surface area contributed by atoms with Gasteiger partial charge in [-0.25, -0.2) is 0 Å². The van der Waals surface area contributed by atoms with Gasteiger partial charge in [0.25, 0.3) is 5.56 Å². The second-order valence-corrected chi connectivity index (χ2v) is 6.02. The first-order chi connectivity index (χ1) is 9.70. The summed E-state index contributed by atoms with van der Waals surface area (Å²) in [6, 6.07) is 2.02. The lowest BCUT2D eigenvalue weighted by Crippen LogP contribution is -2.25. The molecular weight excluding hydrogens is 272 g/mol. The number of rotatable bonds is 3. The topological polar surface area (TPSA) is 59.8 Å². The fourth-order valence-electron chi connectivity index (χ4n) is 2.70. The van der Waals surface area contributed by atoms with Crippen molar-refractivity contribution in [1.29, 1.82) is 0 Å². The van der Waals surface area contributed by atoms with Gasteiger partial charge in [-0.1, -0.05) is 11.3 Å². The Morgan fingerprint density at radius 2 is 2.15 bits per heavy atom. The Morgan fingerprint density at radius 1 is 1.35 bits per heavy atom. The largest absolute Gasteiger partial charge is 0.360 e. The summed E-state index contributed by atoms with van der Waals surface area (Å²) in [5, 5.41) is 12.8. The van der Waals surface area contributed by atoms with Crippen LogP contribution in [0.4, 0.5) is 5.13 Å². The van der Waals surface area contributed by atoms with Crippen molar-refractivity contribution >= 4 is 16.5 Å². The van der Waals surface area contributed by atoms with E-state index in [1.807, 2.05) is 20.0 Å². The third-order valence-electron chi connectivity index (χ3n) is 3.72. The highest BCUT2D eigenvalue weighted by Crippen LogP contribution is 2.27. The van der Waals surface area contributed by atoms with E-state index in [9.17, 15) is 4.79 Å². The Kier molecular flexibility index (Phi) is 3.56. The molecule has 6 heteroatoms. The molecule has 0 saturated carbocycles. The lowest BCUT2D eigenvalue weighted by molar-refractivity contribution is 0.624. The van der Waals surface area contributed by atoms with Gasteiger partial charge >= 0.3 is 0 Å². The first kappa shape index (κ1) is 13.3. The maximum Gasteiger partial charge on any atom is 0.260 e. The van der Waals surface area contributed by atoms with Crippen molar-refractivity contribution in [2.24, 2.45) is 7.05 Å². The monoisotopic (exact) mass is 290 g/mol. The van der Waals surface area contributed by atoms with Gasteiger partial charge in [0.1, 0.15) is 0 Å². The van der Waals surface area contributed by atoms with Crippen molar-refractivity contribution in [3.63, 3.8) is 0 Å². The minimum absolute atomic E-state index is 0.0323. The molecule has 0 fully saturated rings. The molecule has 3 rings (SSSR count). The summed E-state index contributed by atoms with van der Waals surface area (Å²) in [4.78, 5) is 12.5. The van der Waals surface area contributed by atoms with Crippen molar-refractivity contribution in [3.8, 4) is 10.6 Å². The van der Waals surface area contributed by atoms with E-state index >= 15 is 0 Å². The highest BCUT2D eigenvalue weighted by atomic mass is 32.1. The number of fused-ring (bicyclic) bond motifs is 1. The van der Waals surface area contributed by atoms with Crippen LogP contribution in [0, 0.1) is 0 Å². The maximum atomic E-state index is 12.5. The quantitative estimate of drug-likeness (QED) is 0.941. The van der Waals surface area contributed by atoms with Gasteiger partial charge in [0.15, 0.2) is 5.01 Å². The van der Waals surface area contributed by atoms with E-state index in [-0.39, 0.29) is 5.56 Å². The number of pyridine rings is 1. The van der Waals surface area contributed by atoms with Gasteiger partial charge < -0.3 is 9.88 Å². The highest BCUT2D eigenvalue weighted by Gasteiger charge is 2.18. The summed E-state index contributed by atoms with van der Waals surface area (Å²) in [6.45, 7) is 2.82. The third kappa shape index (κ3) is 2.24. The second kappa shape index (κ2) is 5.36. The summed E-state index contributed by atoms with van der Waals surface area (Å²) < 4.78 is 1.79. The fourth-order valence-corrected chi connectivity index (χ4v) is 3.52. The van der Waals surface area contributed by atoms with E-state index in [1.54, 1.807) is 4.57 Å². The van der Waals surface area contributed by atoms with Crippen LogP contribution in [0.5, 0.6) is 0 Å². The van der Waals surface area contributed by atoms with Crippen LogP contribution in [0.1, 0.15) is 31.0 Å². The molecule has 5 nitrogen and oxygen atoms in total. The van der Waals surface area contributed by atoms with Gasteiger partial charge in [0, 0.05) is 19.3 Å². The first-order valence-electron chi connectivity index (χ1n) is 7.00. The van der Waals surface area contributed by atoms with E-state index < -0.39 is 0 Å². The molecule has 2 aromatic rings. The third-order valence-corrected chi connectivity index (χ3v) is 4.64. The van der Waals surface area contributed by atoms with E-state index in [1.165, 1.54) is 35.4 Å². The molecule has 0 unspecified atom stereocenters. The van der Waals surface area contributed by atoms with Crippen LogP contribution in [0.2, 0.25) is 0 Å². The smallest absolute Gasteiger partial charge is 0.260 e. The van der Waals surface area contributed by atoms with E-state index in [4.69, 9.17) is 0 Å². The van der Waals surface area contributed by atoms with Gasteiger partial charge in [-0.2, -0.15) is 0 Å². The predicted octanol–water partition coefficient (Wildman–Crippen LogP) is 2.21. The zero-order chi connectivity index (χ0) is 14.1. The summed E-state index contributed by atoms with van der Waals surface area (Å²) >= 11 is 1.44. The SMILES string of the molecule is CCNc1nnc(-c2cc3c(n(C)c2=O)CCCC3)s1. The molecule has 1 aliphatic carbocycles. The van der Waals surface area contributed by atoms with Crippen molar-refractivity contribution in [2.45, 2.75) is 32.6 Å². The minimum Gasteiger partial charge on any atom is -0.360 e. The summed E-state index contributed by atoms with van der Waals surface area (Å²) in [5.41, 5.74) is 3.18. The molecule has 20 heavy (non-hydrogen) atoms. The van der Waals surface area contributed by atoms with E-state index in [0.717, 1.165) is 24.5 Å². The molecule has 0 radical (unpaired) electrons. The molecule has 0 aliphatic heterocycles. The molecule has 106 valence electrons. The molecule has 0 amide bonds. The second-order valence-electron chi connectivity index (χ2n) is 5.04. The van der Waals surface area contributed by atoms with Crippen molar-refractivity contribution in [1.82, 2.24) is 14.8 Å². The van der Waals surface area contributed by atoms with Crippen LogP contribution in [0.15, 0.2) is 10.9 Å². The first-order valence-corrected chi connectivity index (χ1v) is 7.82. The van der Waals surface area contributed by atoms with Crippen molar-refractivity contribution in [3.05, 3.63) is 27.7 Å². The average Bonchev–Trinajstić information content (AvgIpc) is 2.92. The number of aryl methyl sites for hydroxylation is 1. The number of nitrogens with zero attached hydrogens (tertiary/aromatic N) is 3. The number of hydrogen-bond acceptors (Lipinski definition) is 5. The molecule has 1 N–H and O–H groups in total. The van der Waals surface area contributed by atoms with Crippen LogP contribution in [0.25, 0.3) is 10.6 Å². The molecular formula is C14H18N4OS. The zero-order valence-corrected chi connectivity index (χ0v) is 12.6. The zero-order valence-electron chi connectivity index (χ0n) is 11.8. The van der Waals surface area contributed by atoms with Gasteiger partial charge in [-0.3, -0.25) is 4.79 Å². The molecule has 0 bridgehead atoms. The summed E-state index contributed by atoms with van der Waals surface area (Å²) in [6.07, 6.45) is 4.42. The van der Waals surface area contributed by atoms with Crippen LogP contribution >= 0.6 is 11.3 Å². The number of aromatic nitrogens is 3. The Balaban J connectivity index is 2.09. The van der Waals surface area contributed by atoms with Gasteiger partial charge in [-0.15, -0.1) is 10.2 Å². The standard InChI is InChI=1S/C14H18N4OS/c1-3-15-14-17-16-12(20-14)10-8-9-6-4-5-7-11(9)18(2)13(10)19/h8H,3-7H2,1-2H3,(H,15,17). The average molecular weight is 290 g/mol. The molecule has 0 atom stereocenters. The Hall–Kier alpha value is -1.69. The van der Waals surface area contributed by atoms with Crippen LogP contribution < -0.4 is 10.9 Å². The highest BCUT2D eigenvalue weighted by molar-refractivity contribution is 7.18. The number of nitrogens with one attached hydrogen (secondary N) is 1. The molecule has 0 spiro atoms. The Labute approximate surface area is 121 Å². The Morgan fingerprint density at radius 3 is 2.95 bits per heavy atom. The van der Waals surface area contributed by atoms with Gasteiger partial charge in [0.05, 0.1) is 5.56 Å². The summed E-state index contributed by atoms with van der Waals surface area (Å²) in [7, 11) is 1.86. The van der Waals surface area contributed by atoms with Gasteiger partial charge in [-0.05, 0) is 44.2 Å². The van der Waals surface area contributed by atoms with E-state index in [2.05, 4.69) is 15.5 Å². The molecule has 2 heterocycles. The van der Waals surface area contributed by atoms with Crippen molar-refractivity contribution < 1.29 is 0 Å².